The molecule has 0 aliphatic rings. The van der Waals surface area contributed by atoms with E-state index >= 15 is 0 Å². The van der Waals surface area contributed by atoms with Crippen molar-refractivity contribution in [3.05, 3.63) is 204 Å². The SMILES string of the molecule is N#Cc1ccc(-c2ccc3c(c2)c2cc(-c4ccc(C#N)cc4C#N)ccc2n3-c2ccc(-c3cccc(F)c3)c(-c3nc(-c4ccccc4)nc(-c4ccccc4)n3)c2)c(C#N)c1. The van der Waals surface area contributed by atoms with Crippen LogP contribution in [0.3, 0.4) is 0 Å². The van der Waals surface area contributed by atoms with Crippen LogP contribution in [0.4, 0.5) is 4.39 Å². The Balaban J connectivity index is 1.25. The van der Waals surface area contributed by atoms with Gasteiger partial charge in [0.1, 0.15) is 5.82 Å². The topological polar surface area (TPSA) is 139 Å². The van der Waals surface area contributed by atoms with Crippen molar-refractivity contribution in [3.63, 3.8) is 0 Å². The van der Waals surface area contributed by atoms with Crippen LogP contribution in [0.2, 0.25) is 0 Å². The molecule has 0 aliphatic carbocycles. The van der Waals surface area contributed by atoms with Gasteiger partial charge in [-0.3, -0.25) is 0 Å². The molecule has 0 bridgehead atoms. The lowest BCUT2D eigenvalue weighted by Gasteiger charge is -2.16. The fourth-order valence-electron chi connectivity index (χ4n) is 8.25. The number of nitriles is 4. The van der Waals surface area contributed by atoms with Crippen LogP contribution in [0.15, 0.2) is 176 Å². The van der Waals surface area contributed by atoms with E-state index in [4.69, 9.17) is 15.0 Å². The fourth-order valence-corrected chi connectivity index (χ4v) is 8.25. The van der Waals surface area contributed by atoms with E-state index in [1.165, 1.54) is 12.1 Å². The van der Waals surface area contributed by atoms with Crippen LogP contribution in [0.25, 0.3) is 95.0 Å². The van der Waals surface area contributed by atoms with Gasteiger partial charge in [-0.1, -0.05) is 103 Å². The molecule has 10 rings (SSSR count). The number of nitrogens with zero attached hydrogens (tertiary/aromatic N) is 8. The van der Waals surface area contributed by atoms with E-state index in [-0.39, 0.29) is 5.82 Å². The van der Waals surface area contributed by atoms with Gasteiger partial charge in [0.2, 0.25) is 0 Å². The average Bonchev–Trinajstić information content (AvgIpc) is 3.69. The molecule has 0 N–H and O–H groups in total. The van der Waals surface area contributed by atoms with Gasteiger partial charge in [0, 0.05) is 33.2 Å². The van der Waals surface area contributed by atoms with Crippen LogP contribution in [0.5, 0.6) is 0 Å². The highest BCUT2D eigenvalue weighted by molar-refractivity contribution is 6.12. The lowest BCUT2D eigenvalue weighted by Crippen LogP contribution is -2.02. The van der Waals surface area contributed by atoms with E-state index in [2.05, 4.69) is 28.8 Å². The Kier molecular flexibility index (Phi) is 9.75. The van der Waals surface area contributed by atoms with Crippen molar-refractivity contribution in [2.45, 2.75) is 0 Å². The van der Waals surface area contributed by atoms with E-state index in [1.54, 1.807) is 42.5 Å². The Hall–Kier alpha value is -9.54. The molecule has 0 amide bonds. The van der Waals surface area contributed by atoms with Crippen LogP contribution in [0, 0.1) is 51.1 Å². The number of hydrogen-bond acceptors (Lipinski definition) is 7. The third-order valence-corrected chi connectivity index (χ3v) is 11.3. The van der Waals surface area contributed by atoms with Crippen molar-refractivity contribution in [3.8, 4) is 97.5 Å². The maximum absolute atomic E-state index is 15.0. The molecule has 2 heterocycles. The minimum Gasteiger partial charge on any atom is -0.309 e. The van der Waals surface area contributed by atoms with E-state index < -0.39 is 0 Å². The van der Waals surface area contributed by atoms with Gasteiger partial charge in [0.05, 0.1) is 57.6 Å². The van der Waals surface area contributed by atoms with E-state index in [1.807, 2.05) is 121 Å². The summed E-state index contributed by atoms with van der Waals surface area (Å²) in [5, 5.41) is 41.2. The molecule has 10 aromatic rings. The first-order valence-corrected chi connectivity index (χ1v) is 20.2. The number of rotatable bonds is 7. The van der Waals surface area contributed by atoms with Crippen molar-refractivity contribution in [1.82, 2.24) is 19.5 Å². The number of aromatic nitrogens is 4. The molecule has 0 spiro atoms. The zero-order valence-corrected chi connectivity index (χ0v) is 33.7. The predicted octanol–water partition coefficient (Wildman–Crippen LogP) is 12.6. The summed E-state index contributed by atoms with van der Waals surface area (Å²) in [5.41, 5.74) is 10.5. The van der Waals surface area contributed by atoms with Gasteiger partial charge in [0.15, 0.2) is 17.5 Å². The van der Waals surface area contributed by atoms with Crippen LogP contribution >= 0.6 is 0 Å². The van der Waals surface area contributed by atoms with Gasteiger partial charge in [-0.15, -0.1) is 0 Å². The van der Waals surface area contributed by atoms with Gasteiger partial charge in [-0.05, 0) is 106 Å². The maximum atomic E-state index is 15.0. The first kappa shape index (κ1) is 38.6. The zero-order valence-electron chi connectivity index (χ0n) is 33.7. The fraction of sp³-hybridized carbons (Fsp3) is 0. The summed E-state index contributed by atoms with van der Waals surface area (Å²) in [6.07, 6.45) is 0. The minimum absolute atomic E-state index is 0.374. The Morgan fingerprint density at radius 2 is 0.859 bits per heavy atom. The molecule has 2 aromatic heterocycles. The second kappa shape index (κ2) is 16.1. The smallest absolute Gasteiger partial charge is 0.164 e. The molecular formula is C55H29FN8. The first-order valence-electron chi connectivity index (χ1n) is 20.2. The quantitative estimate of drug-likeness (QED) is 0.156. The lowest BCUT2D eigenvalue weighted by atomic mass is 9.95. The Bertz CT molecular complexity index is 3490. The number of fused-ring (bicyclic) bond motifs is 3. The first-order chi connectivity index (χ1) is 31.4. The van der Waals surface area contributed by atoms with E-state index in [0.717, 1.165) is 49.7 Å². The van der Waals surface area contributed by atoms with Crippen LogP contribution < -0.4 is 0 Å². The molecule has 0 fully saturated rings. The van der Waals surface area contributed by atoms with Crippen LogP contribution in [0.1, 0.15) is 22.3 Å². The maximum Gasteiger partial charge on any atom is 0.164 e. The second-order valence-corrected chi connectivity index (χ2v) is 15.0. The normalized spacial score (nSPS) is 10.8. The molecule has 8 nitrogen and oxygen atoms in total. The summed E-state index contributed by atoms with van der Waals surface area (Å²) in [5.74, 6) is 0.983. The summed E-state index contributed by atoms with van der Waals surface area (Å²) in [6.45, 7) is 0. The van der Waals surface area contributed by atoms with Gasteiger partial charge in [-0.2, -0.15) is 21.0 Å². The second-order valence-electron chi connectivity index (χ2n) is 15.0. The Morgan fingerprint density at radius 3 is 1.36 bits per heavy atom. The van der Waals surface area contributed by atoms with Crippen molar-refractivity contribution in [1.29, 1.82) is 21.0 Å². The van der Waals surface area contributed by atoms with Gasteiger partial charge in [-0.25, -0.2) is 19.3 Å². The van der Waals surface area contributed by atoms with Crippen molar-refractivity contribution >= 4 is 21.8 Å². The summed E-state index contributed by atoms with van der Waals surface area (Å²) in [4.78, 5) is 15.1. The Morgan fingerprint density at radius 1 is 0.375 bits per heavy atom. The molecule has 0 atom stereocenters. The standard InChI is InChI=1S/C55H29FN8/c56-43-13-7-12-38(26-43)47-21-18-44(29-50(47)55-62-53(36-8-3-1-4-9-36)61-54(63-55)37-10-5-2-6-11-37)64-51-22-16-39(45-19-14-34(30-57)24-41(45)32-59)27-48(51)49-28-40(17-23-52(49)64)46-20-15-35(31-58)25-42(46)33-60/h1-29H. The average molecular weight is 821 g/mol. The van der Waals surface area contributed by atoms with E-state index in [9.17, 15) is 25.4 Å². The van der Waals surface area contributed by atoms with Crippen molar-refractivity contribution in [2.75, 3.05) is 0 Å². The van der Waals surface area contributed by atoms with Gasteiger partial charge < -0.3 is 4.57 Å². The zero-order chi connectivity index (χ0) is 43.7. The van der Waals surface area contributed by atoms with E-state index in [0.29, 0.717) is 67.5 Å². The lowest BCUT2D eigenvalue weighted by molar-refractivity contribution is 0.628. The van der Waals surface area contributed by atoms with Crippen LogP contribution in [-0.4, -0.2) is 19.5 Å². The third-order valence-electron chi connectivity index (χ3n) is 11.3. The molecule has 0 saturated heterocycles. The summed E-state index contributed by atoms with van der Waals surface area (Å²) in [7, 11) is 0. The van der Waals surface area contributed by atoms with Crippen LogP contribution in [-0.2, 0) is 0 Å². The minimum atomic E-state index is -0.379. The summed E-state index contributed by atoms with van der Waals surface area (Å²) in [6, 6.07) is 62.8. The van der Waals surface area contributed by atoms with Gasteiger partial charge >= 0.3 is 0 Å². The van der Waals surface area contributed by atoms with Crippen molar-refractivity contribution in [2.24, 2.45) is 0 Å². The third kappa shape index (κ3) is 6.94. The molecule has 0 saturated carbocycles. The molecule has 296 valence electrons. The van der Waals surface area contributed by atoms with Crippen molar-refractivity contribution < 1.29 is 4.39 Å². The molecule has 64 heavy (non-hydrogen) atoms. The monoisotopic (exact) mass is 820 g/mol. The molecule has 0 aliphatic heterocycles. The number of halogens is 1. The Labute approximate surface area is 366 Å². The molecular weight excluding hydrogens is 792 g/mol. The summed E-state index contributed by atoms with van der Waals surface area (Å²) >= 11 is 0. The summed E-state index contributed by atoms with van der Waals surface area (Å²) < 4.78 is 17.1. The highest BCUT2D eigenvalue weighted by Crippen LogP contribution is 2.41. The molecule has 9 heteroatoms. The largest absolute Gasteiger partial charge is 0.309 e. The number of hydrogen-bond donors (Lipinski definition) is 0. The highest BCUT2D eigenvalue weighted by Gasteiger charge is 2.21. The van der Waals surface area contributed by atoms with Gasteiger partial charge in [0.25, 0.3) is 0 Å². The molecule has 0 unspecified atom stereocenters. The predicted molar refractivity (Wildman–Crippen MR) is 246 cm³/mol. The highest BCUT2D eigenvalue weighted by atomic mass is 19.1. The number of benzene rings is 8. The molecule has 8 aromatic carbocycles. The molecule has 0 radical (unpaired) electrons.